The van der Waals surface area contributed by atoms with Gasteiger partial charge in [0, 0.05) is 18.7 Å². The van der Waals surface area contributed by atoms with Crippen molar-refractivity contribution in [3.8, 4) is 34.3 Å². The van der Waals surface area contributed by atoms with E-state index in [-0.39, 0.29) is 25.0 Å². The third kappa shape index (κ3) is 4.27. The van der Waals surface area contributed by atoms with Gasteiger partial charge in [0.05, 0.1) is 32.6 Å². The highest BCUT2D eigenvalue weighted by molar-refractivity contribution is 5.91. The first kappa shape index (κ1) is 21.4. The molecule has 3 heterocycles. The van der Waals surface area contributed by atoms with Crippen LogP contribution in [0, 0.1) is 0 Å². The van der Waals surface area contributed by atoms with Crippen molar-refractivity contribution in [1.29, 1.82) is 0 Å². The van der Waals surface area contributed by atoms with Crippen LogP contribution in [0.25, 0.3) is 11.3 Å². The third-order valence-electron chi connectivity index (χ3n) is 5.42. The zero-order chi connectivity index (χ0) is 23.5. The predicted molar refractivity (Wildman–Crippen MR) is 120 cm³/mol. The molecule has 9 nitrogen and oxygen atoms in total. The van der Waals surface area contributed by atoms with Crippen molar-refractivity contribution in [3.05, 3.63) is 77.9 Å². The molecule has 0 aliphatic carbocycles. The first-order valence-electron chi connectivity index (χ1n) is 10.5. The van der Waals surface area contributed by atoms with Crippen molar-refractivity contribution in [2.45, 2.75) is 13.1 Å². The number of furan rings is 1. The second-order valence-corrected chi connectivity index (χ2v) is 7.57. The number of hydrogen-bond acceptors (Lipinski definition) is 8. The van der Waals surface area contributed by atoms with Gasteiger partial charge in [-0.25, -0.2) is 0 Å². The highest BCUT2D eigenvalue weighted by Gasteiger charge is 2.23. The second-order valence-electron chi connectivity index (χ2n) is 7.57. The number of rotatable bonds is 8. The van der Waals surface area contributed by atoms with Gasteiger partial charge in [-0.1, -0.05) is 11.2 Å². The Labute approximate surface area is 195 Å². The summed E-state index contributed by atoms with van der Waals surface area (Å²) in [6.45, 7) is 0.699. The lowest BCUT2D eigenvalue weighted by molar-refractivity contribution is 0.0693. The Hall–Kier alpha value is -4.40. The Balaban J connectivity index is 1.41. The van der Waals surface area contributed by atoms with Crippen molar-refractivity contribution in [2.24, 2.45) is 0 Å². The topological polar surface area (TPSA) is 96.4 Å². The minimum Gasteiger partial charge on any atom is -0.497 e. The quantitative estimate of drug-likeness (QED) is 0.377. The van der Waals surface area contributed by atoms with Gasteiger partial charge in [0.15, 0.2) is 23.0 Å². The Kier molecular flexibility index (Phi) is 5.82. The molecule has 0 fully saturated rings. The normalized spacial score (nSPS) is 11.9. The number of carbonyl (C=O) groups is 1. The van der Waals surface area contributed by atoms with E-state index in [2.05, 4.69) is 5.16 Å². The minimum absolute atomic E-state index is 0.185. The highest BCUT2D eigenvalue weighted by atomic mass is 16.7. The van der Waals surface area contributed by atoms with Crippen LogP contribution in [0.1, 0.15) is 21.8 Å². The molecule has 2 aromatic carbocycles. The summed E-state index contributed by atoms with van der Waals surface area (Å²) in [7, 11) is 3.16. The number of aromatic nitrogens is 1. The SMILES string of the molecule is COc1ccc(-c2cc(CN(Cc3ccc4c(c3)OCO4)C(=O)c3ccco3)no2)c(OC)c1. The summed E-state index contributed by atoms with van der Waals surface area (Å²) >= 11 is 0. The maximum atomic E-state index is 13.2. The van der Waals surface area contributed by atoms with Crippen LogP contribution >= 0.6 is 0 Å². The van der Waals surface area contributed by atoms with E-state index in [4.69, 9.17) is 27.9 Å². The molecule has 174 valence electrons. The molecule has 5 rings (SSSR count). The van der Waals surface area contributed by atoms with E-state index in [1.54, 1.807) is 43.4 Å². The fourth-order valence-electron chi connectivity index (χ4n) is 3.73. The van der Waals surface area contributed by atoms with Crippen LogP contribution in [0.5, 0.6) is 23.0 Å². The van der Waals surface area contributed by atoms with E-state index in [9.17, 15) is 4.79 Å². The van der Waals surface area contributed by atoms with Gasteiger partial charge >= 0.3 is 0 Å². The zero-order valence-electron chi connectivity index (χ0n) is 18.6. The van der Waals surface area contributed by atoms with Crippen molar-refractivity contribution < 1.29 is 32.7 Å². The van der Waals surface area contributed by atoms with Crippen LogP contribution in [0.2, 0.25) is 0 Å². The van der Waals surface area contributed by atoms with Gasteiger partial charge in [-0.2, -0.15) is 0 Å². The van der Waals surface area contributed by atoms with E-state index in [0.29, 0.717) is 41.0 Å². The molecular weight excluding hydrogens is 440 g/mol. The third-order valence-corrected chi connectivity index (χ3v) is 5.42. The monoisotopic (exact) mass is 462 g/mol. The van der Waals surface area contributed by atoms with Gasteiger partial charge in [-0.05, 0) is 42.0 Å². The number of amides is 1. The summed E-state index contributed by atoms with van der Waals surface area (Å²) in [5.74, 6) is 3.07. The number of nitrogens with zero attached hydrogens (tertiary/aromatic N) is 2. The maximum Gasteiger partial charge on any atom is 0.290 e. The van der Waals surface area contributed by atoms with Gasteiger partial charge in [0.2, 0.25) is 6.79 Å². The lowest BCUT2D eigenvalue weighted by Gasteiger charge is -2.20. The minimum atomic E-state index is -0.269. The summed E-state index contributed by atoms with van der Waals surface area (Å²) in [6.07, 6.45) is 1.47. The van der Waals surface area contributed by atoms with E-state index in [0.717, 1.165) is 11.1 Å². The first-order chi connectivity index (χ1) is 16.6. The summed E-state index contributed by atoms with van der Waals surface area (Å²) < 4.78 is 32.5. The lowest BCUT2D eigenvalue weighted by atomic mass is 10.1. The number of methoxy groups -OCH3 is 2. The van der Waals surface area contributed by atoms with Crippen LogP contribution in [0.3, 0.4) is 0 Å². The molecule has 1 aliphatic heterocycles. The largest absolute Gasteiger partial charge is 0.497 e. The molecule has 4 aromatic rings. The number of benzene rings is 2. The van der Waals surface area contributed by atoms with Crippen molar-refractivity contribution in [1.82, 2.24) is 10.1 Å². The smallest absolute Gasteiger partial charge is 0.290 e. The van der Waals surface area contributed by atoms with Gasteiger partial charge in [0.25, 0.3) is 5.91 Å². The fourth-order valence-corrected chi connectivity index (χ4v) is 3.73. The fraction of sp³-hybridized carbons (Fsp3) is 0.200. The molecule has 0 unspecified atom stereocenters. The molecule has 9 heteroatoms. The Morgan fingerprint density at radius 3 is 2.68 bits per heavy atom. The summed E-state index contributed by atoms with van der Waals surface area (Å²) in [5.41, 5.74) is 2.18. The maximum absolute atomic E-state index is 13.2. The van der Waals surface area contributed by atoms with E-state index >= 15 is 0 Å². The first-order valence-corrected chi connectivity index (χ1v) is 10.5. The number of carbonyl (C=O) groups excluding carboxylic acids is 1. The van der Waals surface area contributed by atoms with Gasteiger partial charge in [-0.15, -0.1) is 0 Å². The van der Waals surface area contributed by atoms with Crippen molar-refractivity contribution in [2.75, 3.05) is 21.0 Å². The Morgan fingerprint density at radius 2 is 1.88 bits per heavy atom. The van der Waals surface area contributed by atoms with Crippen LogP contribution in [0.4, 0.5) is 0 Å². The Bertz CT molecular complexity index is 1300. The van der Waals surface area contributed by atoms with E-state index in [1.165, 1.54) is 6.26 Å². The standard InChI is InChI=1S/C25H22N2O7/c1-29-18-6-7-19(22(12-18)30-2)23-11-17(26-34-23)14-27(25(28)21-4-3-9-31-21)13-16-5-8-20-24(10-16)33-15-32-20/h3-12H,13-15H2,1-2H3. The molecule has 0 atom stereocenters. The van der Waals surface area contributed by atoms with Crippen molar-refractivity contribution in [3.63, 3.8) is 0 Å². The average molecular weight is 462 g/mol. The number of hydrogen-bond donors (Lipinski definition) is 0. The second kappa shape index (κ2) is 9.22. The molecule has 1 amide bonds. The van der Waals surface area contributed by atoms with E-state index < -0.39 is 0 Å². The van der Waals surface area contributed by atoms with Crippen LogP contribution < -0.4 is 18.9 Å². The molecule has 34 heavy (non-hydrogen) atoms. The lowest BCUT2D eigenvalue weighted by Crippen LogP contribution is -2.30. The van der Waals surface area contributed by atoms with Crippen LogP contribution in [-0.4, -0.2) is 37.0 Å². The molecule has 0 radical (unpaired) electrons. The number of ether oxygens (including phenoxy) is 4. The molecule has 0 saturated carbocycles. The summed E-state index contributed by atoms with van der Waals surface area (Å²) in [6, 6.07) is 16.1. The van der Waals surface area contributed by atoms with Crippen LogP contribution in [0.15, 0.2) is 69.8 Å². The highest BCUT2D eigenvalue weighted by Crippen LogP contribution is 2.35. The summed E-state index contributed by atoms with van der Waals surface area (Å²) in [5, 5.41) is 4.18. The van der Waals surface area contributed by atoms with Crippen molar-refractivity contribution >= 4 is 5.91 Å². The molecular formula is C25H22N2O7. The summed E-state index contributed by atoms with van der Waals surface area (Å²) in [4.78, 5) is 14.8. The van der Waals surface area contributed by atoms with Gasteiger partial charge in [0.1, 0.15) is 17.2 Å². The van der Waals surface area contributed by atoms with Crippen LogP contribution in [-0.2, 0) is 13.1 Å². The van der Waals surface area contributed by atoms with Gasteiger partial charge < -0.3 is 32.8 Å². The predicted octanol–water partition coefficient (Wildman–Crippen LogP) is 4.52. The van der Waals surface area contributed by atoms with Gasteiger partial charge in [-0.3, -0.25) is 4.79 Å². The molecule has 0 N–H and O–H groups in total. The number of fused-ring (bicyclic) bond motifs is 1. The molecule has 0 saturated heterocycles. The average Bonchev–Trinajstić information content (AvgIpc) is 3.64. The molecule has 0 bridgehead atoms. The molecule has 2 aromatic heterocycles. The van der Waals surface area contributed by atoms with E-state index in [1.807, 2.05) is 30.3 Å². The zero-order valence-corrected chi connectivity index (χ0v) is 18.6. The Morgan fingerprint density at radius 1 is 1.00 bits per heavy atom. The molecule has 0 spiro atoms. The molecule has 1 aliphatic rings.